The molecule has 1 rings (SSSR count). The number of carboxylic acid groups (broad SMARTS) is 1. The number of aromatic hydroxyl groups is 1. The van der Waals surface area contributed by atoms with Gasteiger partial charge in [0.15, 0.2) is 0 Å². The summed E-state index contributed by atoms with van der Waals surface area (Å²) in [5.74, 6) is -0.552. The van der Waals surface area contributed by atoms with Gasteiger partial charge in [-0.05, 0) is 46.3 Å². The number of carboxylic acids is 1. The van der Waals surface area contributed by atoms with Crippen LogP contribution in [-0.4, -0.2) is 16.2 Å². The maximum absolute atomic E-state index is 12.0. The summed E-state index contributed by atoms with van der Waals surface area (Å²) < 4.78 is 0. The zero-order valence-electron chi connectivity index (χ0n) is 18.6. The second kappa shape index (κ2) is 9.12. The van der Waals surface area contributed by atoms with Crippen LogP contribution >= 0.6 is 0 Å². The van der Waals surface area contributed by atoms with Gasteiger partial charge in [0, 0.05) is 0 Å². The zero-order chi connectivity index (χ0) is 21.0. The first-order valence-electron chi connectivity index (χ1n) is 10.4. The highest BCUT2D eigenvalue weighted by Crippen LogP contribution is 2.40. The second-order valence-electron chi connectivity index (χ2n) is 10.00. The quantitative estimate of drug-likeness (QED) is 0.548. The number of aliphatic carboxylic acids is 1. The van der Waals surface area contributed by atoms with Crippen LogP contribution in [0.5, 0.6) is 5.75 Å². The van der Waals surface area contributed by atoms with Gasteiger partial charge in [0.05, 0.1) is 5.92 Å². The molecule has 0 spiro atoms. The summed E-state index contributed by atoms with van der Waals surface area (Å²) in [7, 11) is 0. The first kappa shape index (κ1) is 23.5. The minimum Gasteiger partial charge on any atom is -0.507 e. The highest BCUT2D eigenvalue weighted by atomic mass is 16.4. The highest BCUT2D eigenvalue weighted by Gasteiger charge is 2.30. The van der Waals surface area contributed by atoms with Crippen molar-refractivity contribution in [1.82, 2.24) is 0 Å². The van der Waals surface area contributed by atoms with Crippen LogP contribution in [0.4, 0.5) is 0 Å². The van der Waals surface area contributed by atoms with Crippen molar-refractivity contribution in [2.45, 2.75) is 98.3 Å². The molecule has 1 aromatic rings. The maximum atomic E-state index is 12.0. The van der Waals surface area contributed by atoms with Crippen molar-refractivity contribution in [1.29, 1.82) is 0 Å². The lowest BCUT2D eigenvalue weighted by molar-refractivity contribution is -0.143. The van der Waals surface area contributed by atoms with E-state index in [1.165, 1.54) is 0 Å². The molecule has 0 aromatic heterocycles. The summed E-state index contributed by atoms with van der Waals surface area (Å²) in [6.07, 6.45) is 4.51. The molecule has 154 valence electrons. The van der Waals surface area contributed by atoms with E-state index in [0.717, 1.165) is 42.4 Å². The van der Waals surface area contributed by atoms with E-state index in [1.54, 1.807) is 0 Å². The minimum atomic E-state index is -0.708. The van der Waals surface area contributed by atoms with Crippen LogP contribution in [0.3, 0.4) is 0 Å². The molecular weight excluding hydrogens is 336 g/mol. The second-order valence-corrected chi connectivity index (χ2v) is 10.00. The monoisotopic (exact) mass is 376 g/mol. The Bertz CT molecular complexity index is 597. The van der Waals surface area contributed by atoms with E-state index >= 15 is 0 Å². The van der Waals surface area contributed by atoms with E-state index in [2.05, 4.69) is 55.4 Å². The fourth-order valence-electron chi connectivity index (χ4n) is 3.82. The minimum absolute atomic E-state index is 0.187. The van der Waals surface area contributed by atoms with Crippen molar-refractivity contribution < 1.29 is 15.0 Å². The molecule has 0 aliphatic heterocycles. The number of phenols is 1. The van der Waals surface area contributed by atoms with Crippen LogP contribution in [0.25, 0.3) is 0 Å². The Kier molecular flexibility index (Phi) is 7.95. The molecule has 3 heteroatoms. The SMILES string of the molecule is CCCCC(CC)C(Cc1cc(C(C)(C)C)c(O)c(C(C)(C)C)c1)C(=O)O. The number of unbranched alkanes of at least 4 members (excludes halogenated alkanes) is 1. The van der Waals surface area contributed by atoms with Crippen LogP contribution in [0.15, 0.2) is 12.1 Å². The third kappa shape index (κ3) is 6.26. The Morgan fingerprint density at radius 2 is 1.48 bits per heavy atom. The van der Waals surface area contributed by atoms with Crippen LogP contribution in [-0.2, 0) is 22.0 Å². The molecule has 27 heavy (non-hydrogen) atoms. The number of hydrogen-bond donors (Lipinski definition) is 2. The van der Waals surface area contributed by atoms with E-state index in [1.807, 2.05) is 12.1 Å². The van der Waals surface area contributed by atoms with Gasteiger partial charge in [-0.25, -0.2) is 0 Å². The molecule has 0 aliphatic rings. The molecule has 2 unspecified atom stereocenters. The lowest BCUT2D eigenvalue weighted by Gasteiger charge is -2.29. The summed E-state index contributed by atoms with van der Waals surface area (Å²) in [5.41, 5.74) is 2.41. The Labute approximate surface area is 166 Å². The van der Waals surface area contributed by atoms with Crippen molar-refractivity contribution in [3.8, 4) is 5.75 Å². The lowest BCUT2D eigenvalue weighted by atomic mass is 9.76. The molecule has 2 atom stereocenters. The number of phenolic OH excluding ortho intramolecular Hbond substituents is 1. The summed E-state index contributed by atoms with van der Waals surface area (Å²) in [6.45, 7) is 16.8. The Balaban J connectivity index is 3.40. The number of hydrogen-bond acceptors (Lipinski definition) is 2. The fraction of sp³-hybridized carbons (Fsp3) is 0.708. The third-order valence-electron chi connectivity index (χ3n) is 5.58. The van der Waals surface area contributed by atoms with E-state index in [0.29, 0.717) is 12.2 Å². The van der Waals surface area contributed by atoms with Crippen LogP contribution in [0.2, 0.25) is 0 Å². The molecule has 1 aromatic carbocycles. The Hall–Kier alpha value is -1.51. The Morgan fingerprint density at radius 1 is 1.00 bits per heavy atom. The molecule has 2 N–H and O–H groups in total. The molecular formula is C24H40O3. The standard InChI is InChI=1S/C24H40O3/c1-9-11-12-17(10-2)18(22(26)27)13-16-14-19(23(3,4)5)21(25)20(15-16)24(6,7)8/h14-15,17-18,25H,9-13H2,1-8H3,(H,26,27). The van der Waals surface area contributed by atoms with Gasteiger partial charge in [-0.2, -0.15) is 0 Å². The van der Waals surface area contributed by atoms with Crippen molar-refractivity contribution in [2.24, 2.45) is 11.8 Å². The average molecular weight is 377 g/mol. The zero-order valence-corrected chi connectivity index (χ0v) is 18.6. The summed E-state index contributed by atoms with van der Waals surface area (Å²) >= 11 is 0. The van der Waals surface area contributed by atoms with Gasteiger partial charge in [-0.3, -0.25) is 4.79 Å². The van der Waals surface area contributed by atoms with Gasteiger partial charge in [-0.1, -0.05) is 86.8 Å². The number of rotatable bonds is 8. The molecule has 0 amide bonds. The fourth-order valence-corrected chi connectivity index (χ4v) is 3.82. The molecule has 0 saturated carbocycles. The molecule has 0 saturated heterocycles. The topological polar surface area (TPSA) is 57.5 Å². The van der Waals surface area contributed by atoms with Gasteiger partial charge < -0.3 is 10.2 Å². The van der Waals surface area contributed by atoms with Crippen molar-refractivity contribution >= 4 is 5.97 Å². The van der Waals surface area contributed by atoms with Gasteiger partial charge in [0.2, 0.25) is 0 Å². The summed E-state index contributed by atoms with van der Waals surface area (Å²) in [4.78, 5) is 12.0. The largest absolute Gasteiger partial charge is 0.507 e. The predicted molar refractivity (Wildman–Crippen MR) is 114 cm³/mol. The average Bonchev–Trinajstić information content (AvgIpc) is 2.53. The smallest absolute Gasteiger partial charge is 0.307 e. The number of carbonyl (C=O) groups is 1. The third-order valence-corrected chi connectivity index (χ3v) is 5.58. The molecule has 0 radical (unpaired) electrons. The van der Waals surface area contributed by atoms with Crippen molar-refractivity contribution in [2.75, 3.05) is 0 Å². The molecule has 0 bridgehead atoms. The van der Waals surface area contributed by atoms with E-state index in [4.69, 9.17) is 0 Å². The normalized spacial score (nSPS) is 14.8. The van der Waals surface area contributed by atoms with Crippen LogP contribution < -0.4 is 0 Å². The van der Waals surface area contributed by atoms with E-state index in [9.17, 15) is 15.0 Å². The van der Waals surface area contributed by atoms with Gasteiger partial charge in [0.25, 0.3) is 0 Å². The summed E-state index contributed by atoms with van der Waals surface area (Å²) in [6, 6.07) is 4.04. The molecule has 0 aliphatic carbocycles. The molecule has 3 nitrogen and oxygen atoms in total. The Morgan fingerprint density at radius 3 is 1.81 bits per heavy atom. The maximum Gasteiger partial charge on any atom is 0.307 e. The van der Waals surface area contributed by atoms with Gasteiger partial charge in [-0.15, -0.1) is 0 Å². The first-order chi connectivity index (χ1) is 12.3. The lowest BCUT2D eigenvalue weighted by Crippen LogP contribution is -2.26. The number of benzene rings is 1. The molecule has 0 heterocycles. The van der Waals surface area contributed by atoms with Gasteiger partial charge in [0.1, 0.15) is 5.75 Å². The van der Waals surface area contributed by atoms with Crippen molar-refractivity contribution in [3.63, 3.8) is 0 Å². The van der Waals surface area contributed by atoms with Crippen LogP contribution in [0, 0.1) is 11.8 Å². The van der Waals surface area contributed by atoms with Gasteiger partial charge >= 0.3 is 5.97 Å². The van der Waals surface area contributed by atoms with E-state index < -0.39 is 5.97 Å². The van der Waals surface area contributed by atoms with Crippen molar-refractivity contribution in [3.05, 3.63) is 28.8 Å². The first-order valence-corrected chi connectivity index (χ1v) is 10.4. The summed E-state index contributed by atoms with van der Waals surface area (Å²) in [5, 5.41) is 20.8. The predicted octanol–water partition coefficient (Wildman–Crippen LogP) is 6.45. The molecule has 0 fully saturated rings. The van der Waals surface area contributed by atoms with Crippen LogP contribution in [0.1, 0.15) is 97.8 Å². The van der Waals surface area contributed by atoms with E-state index in [-0.39, 0.29) is 22.7 Å². The highest BCUT2D eigenvalue weighted by molar-refractivity contribution is 5.71.